The Hall–Kier alpha value is -1.40. The number of benzene rings is 1. The summed E-state index contributed by atoms with van der Waals surface area (Å²) >= 11 is 0. The van der Waals surface area contributed by atoms with Crippen molar-refractivity contribution >= 4 is 15.9 Å². The lowest BCUT2D eigenvalue weighted by molar-refractivity contribution is -0.133. The number of aryl methyl sites for hydroxylation is 1. The number of rotatable bonds is 7. The second-order valence-corrected chi connectivity index (χ2v) is 8.20. The summed E-state index contributed by atoms with van der Waals surface area (Å²) in [5, 5.41) is 0. The van der Waals surface area contributed by atoms with Crippen LogP contribution in [0.5, 0.6) is 0 Å². The molecule has 1 fully saturated rings. The van der Waals surface area contributed by atoms with Crippen LogP contribution >= 0.6 is 0 Å². The number of sulfonamides is 1. The van der Waals surface area contributed by atoms with Crippen LogP contribution in [-0.2, 0) is 14.8 Å². The van der Waals surface area contributed by atoms with Crippen molar-refractivity contribution in [2.75, 3.05) is 13.1 Å². The summed E-state index contributed by atoms with van der Waals surface area (Å²) in [5.41, 5.74) is 1.01. The fourth-order valence-corrected chi connectivity index (χ4v) is 4.30. The van der Waals surface area contributed by atoms with Crippen molar-refractivity contribution in [2.45, 2.75) is 63.3 Å². The molecule has 0 saturated heterocycles. The smallest absolute Gasteiger partial charge is 0.240 e. The highest BCUT2D eigenvalue weighted by Gasteiger charge is 2.24. The highest BCUT2D eigenvalue weighted by molar-refractivity contribution is 7.89. The molecule has 0 spiro atoms. The van der Waals surface area contributed by atoms with Crippen LogP contribution in [0.2, 0.25) is 0 Å². The fourth-order valence-electron chi connectivity index (χ4n) is 3.27. The van der Waals surface area contributed by atoms with E-state index in [-0.39, 0.29) is 23.8 Å². The Morgan fingerprint density at radius 3 is 2.38 bits per heavy atom. The zero-order valence-electron chi connectivity index (χ0n) is 14.6. The van der Waals surface area contributed by atoms with Crippen LogP contribution in [0.25, 0.3) is 0 Å². The number of nitrogens with zero attached hydrogens (tertiary/aromatic N) is 1. The first kappa shape index (κ1) is 18.9. The summed E-state index contributed by atoms with van der Waals surface area (Å²) in [4.78, 5) is 14.6. The molecule has 134 valence electrons. The zero-order valence-corrected chi connectivity index (χ0v) is 15.4. The maximum atomic E-state index is 12.4. The third kappa shape index (κ3) is 5.05. The fraction of sp³-hybridized carbons (Fsp3) is 0.611. The highest BCUT2D eigenvalue weighted by atomic mass is 32.2. The maximum absolute atomic E-state index is 12.4. The van der Waals surface area contributed by atoms with Gasteiger partial charge in [-0.1, -0.05) is 37.0 Å². The molecule has 0 heterocycles. The highest BCUT2D eigenvalue weighted by Crippen LogP contribution is 2.23. The van der Waals surface area contributed by atoms with Crippen molar-refractivity contribution in [3.8, 4) is 0 Å². The molecule has 1 N–H and O–H groups in total. The lowest BCUT2D eigenvalue weighted by Gasteiger charge is -2.33. The van der Waals surface area contributed by atoms with Crippen LogP contribution in [0, 0.1) is 6.92 Å². The van der Waals surface area contributed by atoms with Crippen LogP contribution in [0.1, 0.15) is 51.0 Å². The molecule has 0 aromatic heterocycles. The number of hydrogen-bond donors (Lipinski definition) is 1. The van der Waals surface area contributed by atoms with Gasteiger partial charge >= 0.3 is 0 Å². The molecule has 0 bridgehead atoms. The Balaban J connectivity index is 1.87. The quantitative estimate of drug-likeness (QED) is 0.820. The Labute approximate surface area is 145 Å². The third-order valence-electron chi connectivity index (χ3n) is 4.64. The molecular weight excluding hydrogens is 324 g/mol. The number of nitrogens with one attached hydrogen (secondary N) is 1. The average molecular weight is 353 g/mol. The molecule has 0 aliphatic heterocycles. The van der Waals surface area contributed by atoms with Crippen LogP contribution in [-0.4, -0.2) is 38.4 Å². The molecule has 1 saturated carbocycles. The maximum Gasteiger partial charge on any atom is 0.240 e. The molecule has 24 heavy (non-hydrogen) atoms. The lowest BCUT2D eigenvalue weighted by Crippen LogP contribution is -2.42. The van der Waals surface area contributed by atoms with E-state index in [0.29, 0.717) is 12.6 Å². The van der Waals surface area contributed by atoms with E-state index in [1.165, 1.54) is 19.3 Å². The summed E-state index contributed by atoms with van der Waals surface area (Å²) < 4.78 is 27.0. The molecule has 0 unspecified atom stereocenters. The number of hydrogen-bond acceptors (Lipinski definition) is 3. The molecule has 6 heteroatoms. The second kappa shape index (κ2) is 8.62. The second-order valence-electron chi connectivity index (χ2n) is 6.43. The van der Waals surface area contributed by atoms with E-state index in [1.54, 1.807) is 24.3 Å². The van der Waals surface area contributed by atoms with E-state index < -0.39 is 10.0 Å². The van der Waals surface area contributed by atoms with Gasteiger partial charge < -0.3 is 4.90 Å². The summed E-state index contributed by atoms with van der Waals surface area (Å²) in [6.07, 6.45) is 5.93. The first-order valence-electron chi connectivity index (χ1n) is 8.80. The molecule has 1 aromatic rings. The largest absolute Gasteiger partial charge is 0.340 e. The van der Waals surface area contributed by atoms with Crippen LogP contribution in [0.3, 0.4) is 0 Å². The molecule has 0 radical (unpaired) electrons. The van der Waals surface area contributed by atoms with Gasteiger partial charge in [0, 0.05) is 25.6 Å². The van der Waals surface area contributed by atoms with E-state index in [0.717, 1.165) is 18.4 Å². The van der Waals surface area contributed by atoms with Gasteiger partial charge in [-0.3, -0.25) is 4.79 Å². The Kier molecular flexibility index (Phi) is 6.80. The minimum atomic E-state index is -3.55. The van der Waals surface area contributed by atoms with Crippen molar-refractivity contribution < 1.29 is 13.2 Å². The topological polar surface area (TPSA) is 66.5 Å². The van der Waals surface area contributed by atoms with Crippen molar-refractivity contribution in [1.29, 1.82) is 0 Å². The Morgan fingerprint density at radius 2 is 1.79 bits per heavy atom. The normalized spacial score (nSPS) is 16.1. The van der Waals surface area contributed by atoms with E-state index in [1.807, 2.05) is 18.7 Å². The third-order valence-corrected chi connectivity index (χ3v) is 6.12. The van der Waals surface area contributed by atoms with Crippen molar-refractivity contribution in [2.24, 2.45) is 0 Å². The molecular formula is C18H28N2O3S. The molecule has 1 aromatic carbocycles. The van der Waals surface area contributed by atoms with Crippen molar-refractivity contribution in [3.63, 3.8) is 0 Å². The van der Waals surface area contributed by atoms with Crippen molar-refractivity contribution in [1.82, 2.24) is 9.62 Å². The van der Waals surface area contributed by atoms with Gasteiger partial charge in [-0.25, -0.2) is 13.1 Å². The number of amides is 1. The first-order valence-corrected chi connectivity index (χ1v) is 10.3. The minimum absolute atomic E-state index is 0.0380. The number of carbonyl (C=O) groups excluding carboxylic acids is 1. The van der Waals surface area contributed by atoms with E-state index in [9.17, 15) is 13.2 Å². The standard InChI is InChI=1S/C18H28N2O3S/c1-3-20(16-7-5-4-6-8-16)18(21)13-14-19-24(22,23)17-11-9-15(2)10-12-17/h9-12,16,19H,3-8,13-14H2,1-2H3. The molecule has 0 atom stereocenters. The van der Waals surface area contributed by atoms with Gasteiger partial charge in [0.2, 0.25) is 15.9 Å². The predicted octanol–water partition coefficient (Wildman–Crippen LogP) is 2.84. The summed E-state index contributed by atoms with van der Waals surface area (Å²) in [6.45, 7) is 4.72. The number of carbonyl (C=O) groups is 1. The molecule has 1 aliphatic carbocycles. The average Bonchev–Trinajstić information content (AvgIpc) is 2.57. The van der Waals surface area contributed by atoms with E-state index in [4.69, 9.17) is 0 Å². The van der Waals surface area contributed by atoms with Crippen LogP contribution in [0.15, 0.2) is 29.2 Å². The van der Waals surface area contributed by atoms with E-state index in [2.05, 4.69) is 4.72 Å². The van der Waals surface area contributed by atoms with Gasteiger partial charge in [0.05, 0.1) is 4.90 Å². The summed E-state index contributed by atoms with van der Waals surface area (Å²) in [6, 6.07) is 7.02. The zero-order chi connectivity index (χ0) is 17.6. The lowest BCUT2D eigenvalue weighted by atomic mass is 9.94. The Bertz CT molecular complexity index is 635. The summed E-state index contributed by atoms with van der Waals surface area (Å²) in [7, 11) is -3.55. The van der Waals surface area contributed by atoms with E-state index >= 15 is 0 Å². The van der Waals surface area contributed by atoms with Gasteiger partial charge in [-0.15, -0.1) is 0 Å². The molecule has 1 aliphatic rings. The van der Waals surface area contributed by atoms with Gasteiger partial charge in [-0.2, -0.15) is 0 Å². The predicted molar refractivity (Wildman–Crippen MR) is 95.2 cm³/mol. The Morgan fingerprint density at radius 1 is 1.17 bits per heavy atom. The summed E-state index contributed by atoms with van der Waals surface area (Å²) in [5.74, 6) is 0.0380. The van der Waals surface area contributed by atoms with Gasteiger partial charge in [-0.05, 0) is 38.8 Å². The van der Waals surface area contributed by atoms with Crippen LogP contribution in [0.4, 0.5) is 0 Å². The SMILES string of the molecule is CCN(C(=O)CCNS(=O)(=O)c1ccc(C)cc1)C1CCCCC1. The van der Waals surface area contributed by atoms with Gasteiger partial charge in [0.25, 0.3) is 0 Å². The van der Waals surface area contributed by atoms with Gasteiger partial charge in [0.1, 0.15) is 0 Å². The monoisotopic (exact) mass is 352 g/mol. The van der Waals surface area contributed by atoms with Crippen molar-refractivity contribution in [3.05, 3.63) is 29.8 Å². The van der Waals surface area contributed by atoms with Crippen LogP contribution < -0.4 is 4.72 Å². The molecule has 2 rings (SSSR count). The molecule has 5 nitrogen and oxygen atoms in total. The first-order chi connectivity index (χ1) is 11.4. The minimum Gasteiger partial charge on any atom is -0.340 e. The molecule has 1 amide bonds. The van der Waals surface area contributed by atoms with Gasteiger partial charge in [0.15, 0.2) is 0 Å².